The zero-order valence-corrected chi connectivity index (χ0v) is 14.9. The Balaban J connectivity index is 1.53. The van der Waals surface area contributed by atoms with Crippen molar-refractivity contribution in [2.75, 3.05) is 32.7 Å². The van der Waals surface area contributed by atoms with Crippen LogP contribution >= 0.6 is 11.6 Å². The molecule has 0 spiro atoms. The molecule has 6 nitrogen and oxygen atoms in total. The number of piperidine rings is 1. The highest BCUT2D eigenvalue weighted by atomic mass is 35.5. The van der Waals surface area contributed by atoms with Crippen LogP contribution in [0.3, 0.4) is 0 Å². The van der Waals surface area contributed by atoms with E-state index in [4.69, 9.17) is 16.0 Å². The first kappa shape index (κ1) is 16.7. The summed E-state index contributed by atoms with van der Waals surface area (Å²) >= 11 is 6.09. The molecular formula is C18H22ClN3O3. The number of hydrogen-bond donors (Lipinski definition) is 0. The number of halogens is 1. The summed E-state index contributed by atoms with van der Waals surface area (Å²) in [6, 6.07) is 5.23. The van der Waals surface area contributed by atoms with Gasteiger partial charge in [0.1, 0.15) is 0 Å². The molecule has 2 aromatic rings. The number of rotatable bonds is 3. The van der Waals surface area contributed by atoms with Crippen molar-refractivity contribution in [3.05, 3.63) is 33.8 Å². The van der Waals surface area contributed by atoms with Crippen LogP contribution in [0.1, 0.15) is 31.7 Å². The molecule has 0 saturated carbocycles. The fourth-order valence-electron chi connectivity index (χ4n) is 4.00. The molecule has 0 unspecified atom stereocenters. The average molecular weight is 364 g/mol. The SMILES string of the molecule is O=C(CN1CCC[C@@H](n2c(=O)oc3ccc(Cl)cc32)C1)N1CCCC1. The van der Waals surface area contributed by atoms with Gasteiger partial charge < -0.3 is 9.32 Å². The number of fused-ring (bicyclic) bond motifs is 1. The Bertz CT molecular complexity index is 838. The lowest BCUT2D eigenvalue weighted by Crippen LogP contribution is -2.44. The van der Waals surface area contributed by atoms with Crippen LogP contribution in [-0.2, 0) is 4.79 Å². The third-order valence-electron chi connectivity index (χ3n) is 5.24. The van der Waals surface area contributed by atoms with E-state index in [-0.39, 0.29) is 17.7 Å². The second-order valence-electron chi connectivity index (χ2n) is 6.97. The summed E-state index contributed by atoms with van der Waals surface area (Å²) in [5.74, 6) is -0.152. The van der Waals surface area contributed by atoms with Crippen molar-refractivity contribution >= 4 is 28.6 Å². The van der Waals surface area contributed by atoms with Crippen molar-refractivity contribution in [2.45, 2.75) is 31.7 Å². The molecule has 0 radical (unpaired) electrons. The van der Waals surface area contributed by atoms with Crippen LogP contribution in [0.15, 0.2) is 27.4 Å². The zero-order valence-electron chi connectivity index (χ0n) is 14.1. The summed E-state index contributed by atoms with van der Waals surface area (Å²) < 4.78 is 7.06. The van der Waals surface area contributed by atoms with Crippen LogP contribution in [0.25, 0.3) is 11.1 Å². The van der Waals surface area contributed by atoms with Gasteiger partial charge in [-0.1, -0.05) is 11.6 Å². The molecular weight excluding hydrogens is 342 g/mol. The number of benzene rings is 1. The minimum Gasteiger partial charge on any atom is -0.408 e. The van der Waals surface area contributed by atoms with E-state index in [2.05, 4.69) is 4.90 Å². The van der Waals surface area contributed by atoms with Gasteiger partial charge in [-0.25, -0.2) is 4.79 Å². The highest BCUT2D eigenvalue weighted by molar-refractivity contribution is 6.31. The monoisotopic (exact) mass is 363 g/mol. The Kier molecular flexibility index (Phi) is 4.56. The minimum absolute atomic E-state index is 0.00680. The van der Waals surface area contributed by atoms with Crippen LogP contribution in [0.4, 0.5) is 0 Å². The van der Waals surface area contributed by atoms with Crippen molar-refractivity contribution in [2.24, 2.45) is 0 Å². The number of carbonyl (C=O) groups is 1. The predicted molar refractivity (Wildman–Crippen MR) is 96.0 cm³/mol. The molecule has 0 N–H and O–H groups in total. The van der Waals surface area contributed by atoms with Crippen LogP contribution in [-0.4, -0.2) is 53.0 Å². The molecule has 0 bridgehead atoms. The number of hydrogen-bond acceptors (Lipinski definition) is 4. The molecule has 2 aliphatic heterocycles. The van der Waals surface area contributed by atoms with Gasteiger partial charge in [0.2, 0.25) is 5.91 Å². The van der Waals surface area contributed by atoms with Gasteiger partial charge in [-0.3, -0.25) is 14.3 Å². The zero-order chi connectivity index (χ0) is 17.4. The van der Waals surface area contributed by atoms with Crippen LogP contribution in [0.2, 0.25) is 5.02 Å². The summed E-state index contributed by atoms with van der Waals surface area (Å²) in [5.41, 5.74) is 1.29. The second kappa shape index (κ2) is 6.84. The second-order valence-corrected chi connectivity index (χ2v) is 7.41. The van der Waals surface area contributed by atoms with Crippen molar-refractivity contribution in [1.29, 1.82) is 0 Å². The van der Waals surface area contributed by atoms with E-state index in [0.717, 1.165) is 50.8 Å². The van der Waals surface area contributed by atoms with Crippen molar-refractivity contribution in [1.82, 2.24) is 14.4 Å². The molecule has 1 amide bonds. The first-order valence-corrected chi connectivity index (χ1v) is 9.30. The number of carbonyl (C=O) groups excluding carboxylic acids is 1. The summed E-state index contributed by atoms with van der Waals surface area (Å²) in [6.07, 6.45) is 4.06. The Morgan fingerprint density at radius 3 is 2.80 bits per heavy atom. The van der Waals surface area contributed by atoms with Gasteiger partial charge in [-0.15, -0.1) is 0 Å². The Morgan fingerprint density at radius 2 is 2.00 bits per heavy atom. The fraction of sp³-hybridized carbons (Fsp3) is 0.556. The highest BCUT2D eigenvalue weighted by Crippen LogP contribution is 2.26. The maximum absolute atomic E-state index is 12.4. The molecule has 4 rings (SSSR count). The van der Waals surface area contributed by atoms with Gasteiger partial charge >= 0.3 is 5.76 Å². The van der Waals surface area contributed by atoms with Crippen molar-refractivity contribution < 1.29 is 9.21 Å². The lowest BCUT2D eigenvalue weighted by Gasteiger charge is -2.33. The minimum atomic E-state index is -0.352. The number of likely N-dealkylation sites (tertiary alicyclic amines) is 2. The van der Waals surface area contributed by atoms with Gasteiger partial charge in [0.05, 0.1) is 18.1 Å². The molecule has 3 heterocycles. The number of amides is 1. The van der Waals surface area contributed by atoms with E-state index in [1.807, 2.05) is 4.90 Å². The third-order valence-corrected chi connectivity index (χ3v) is 5.47. The van der Waals surface area contributed by atoms with Gasteiger partial charge in [0.15, 0.2) is 5.58 Å². The van der Waals surface area contributed by atoms with Crippen molar-refractivity contribution in [3.63, 3.8) is 0 Å². The smallest absolute Gasteiger partial charge is 0.408 e. The van der Waals surface area contributed by atoms with E-state index in [0.29, 0.717) is 23.7 Å². The summed E-state index contributed by atoms with van der Waals surface area (Å²) in [5, 5.41) is 0.582. The number of oxazole rings is 1. The maximum atomic E-state index is 12.4. The van der Waals surface area contributed by atoms with E-state index in [9.17, 15) is 9.59 Å². The average Bonchev–Trinajstić information content (AvgIpc) is 3.22. The van der Waals surface area contributed by atoms with Gasteiger partial charge in [-0.2, -0.15) is 0 Å². The van der Waals surface area contributed by atoms with E-state index in [1.165, 1.54) is 0 Å². The molecule has 1 aromatic heterocycles. The third kappa shape index (κ3) is 3.33. The Hall–Kier alpha value is -1.79. The summed E-state index contributed by atoms with van der Waals surface area (Å²) in [7, 11) is 0. The molecule has 2 saturated heterocycles. The molecule has 25 heavy (non-hydrogen) atoms. The summed E-state index contributed by atoms with van der Waals surface area (Å²) in [4.78, 5) is 28.9. The standard InChI is InChI=1S/C18H22ClN3O3/c19-13-5-6-16-15(10-13)22(18(24)25-16)14-4-3-7-20(11-14)12-17(23)21-8-1-2-9-21/h5-6,10,14H,1-4,7-9,11-12H2/t14-/m1/s1. The van der Waals surface area contributed by atoms with Crippen LogP contribution in [0, 0.1) is 0 Å². The number of nitrogens with zero attached hydrogens (tertiary/aromatic N) is 3. The normalized spacial score (nSPS) is 22.0. The van der Waals surface area contributed by atoms with Crippen LogP contribution < -0.4 is 5.76 Å². The van der Waals surface area contributed by atoms with Crippen LogP contribution in [0.5, 0.6) is 0 Å². The highest BCUT2D eigenvalue weighted by Gasteiger charge is 2.28. The molecule has 2 fully saturated rings. The molecule has 7 heteroatoms. The first-order chi connectivity index (χ1) is 12.1. The lowest BCUT2D eigenvalue weighted by molar-refractivity contribution is -0.131. The quantitative estimate of drug-likeness (QED) is 0.840. The van der Waals surface area contributed by atoms with E-state index >= 15 is 0 Å². The lowest BCUT2D eigenvalue weighted by atomic mass is 10.1. The van der Waals surface area contributed by atoms with Gasteiger partial charge in [0.25, 0.3) is 0 Å². The van der Waals surface area contributed by atoms with Crippen molar-refractivity contribution in [3.8, 4) is 0 Å². The molecule has 1 atom stereocenters. The molecule has 0 aliphatic carbocycles. The molecule has 2 aliphatic rings. The predicted octanol–water partition coefficient (Wildman–Crippen LogP) is 2.51. The molecule has 134 valence electrons. The van der Waals surface area contributed by atoms with Gasteiger partial charge in [-0.05, 0) is 50.4 Å². The van der Waals surface area contributed by atoms with E-state index in [1.54, 1.807) is 22.8 Å². The molecule has 1 aromatic carbocycles. The fourth-order valence-corrected chi connectivity index (χ4v) is 4.16. The number of aromatic nitrogens is 1. The summed E-state index contributed by atoms with van der Waals surface area (Å²) in [6.45, 7) is 3.75. The first-order valence-electron chi connectivity index (χ1n) is 8.92. The topological polar surface area (TPSA) is 58.7 Å². The Morgan fingerprint density at radius 1 is 1.20 bits per heavy atom. The largest absolute Gasteiger partial charge is 0.420 e. The van der Waals surface area contributed by atoms with E-state index < -0.39 is 0 Å². The Labute approximate surface area is 150 Å². The maximum Gasteiger partial charge on any atom is 0.420 e. The van der Waals surface area contributed by atoms with Gasteiger partial charge in [0, 0.05) is 24.7 Å².